The summed E-state index contributed by atoms with van der Waals surface area (Å²) in [5.74, 6) is 0. The minimum absolute atomic E-state index is 0.159. The predicted octanol–water partition coefficient (Wildman–Crippen LogP) is 3.44. The van der Waals surface area contributed by atoms with Gasteiger partial charge in [0.2, 0.25) is 0 Å². The zero-order valence-electron chi connectivity index (χ0n) is 8.65. The highest BCUT2D eigenvalue weighted by Gasteiger charge is 2.06. The Morgan fingerprint density at radius 1 is 1.14 bits per heavy atom. The minimum Gasteiger partial charge on any atom is -0.192 e. The second-order valence-corrected chi connectivity index (χ2v) is 4.03. The van der Waals surface area contributed by atoms with Crippen LogP contribution in [-0.4, -0.2) is 5.54 Å². The standard InChI is InChI=1S/C11H13N3/c1-11(2,3)14-13-10-6-4-9(8-12)5-7-10/h4-7H,1-3H3. The summed E-state index contributed by atoms with van der Waals surface area (Å²) in [5.41, 5.74) is 1.26. The number of hydrogen-bond acceptors (Lipinski definition) is 3. The highest BCUT2D eigenvalue weighted by Crippen LogP contribution is 2.16. The van der Waals surface area contributed by atoms with Crippen LogP contribution >= 0.6 is 0 Å². The van der Waals surface area contributed by atoms with Gasteiger partial charge < -0.3 is 0 Å². The molecule has 3 nitrogen and oxygen atoms in total. The Balaban J connectivity index is 2.80. The van der Waals surface area contributed by atoms with E-state index in [0.29, 0.717) is 5.56 Å². The average molecular weight is 187 g/mol. The van der Waals surface area contributed by atoms with Crippen molar-refractivity contribution in [1.82, 2.24) is 0 Å². The topological polar surface area (TPSA) is 48.5 Å². The van der Waals surface area contributed by atoms with Gasteiger partial charge in [-0.2, -0.15) is 15.5 Å². The lowest BCUT2D eigenvalue weighted by atomic mass is 10.1. The highest BCUT2D eigenvalue weighted by atomic mass is 15.1. The van der Waals surface area contributed by atoms with Gasteiger partial charge in [-0.15, -0.1) is 0 Å². The summed E-state index contributed by atoms with van der Waals surface area (Å²) in [6.45, 7) is 5.96. The summed E-state index contributed by atoms with van der Waals surface area (Å²) in [6.07, 6.45) is 0. The van der Waals surface area contributed by atoms with Crippen LogP contribution in [0.5, 0.6) is 0 Å². The lowest BCUT2D eigenvalue weighted by molar-refractivity contribution is 0.552. The van der Waals surface area contributed by atoms with Crippen molar-refractivity contribution in [2.75, 3.05) is 0 Å². The molecule has 0 N–H and O–H groups in total. The number of rotatable bonds is 1. The van der Waals surface area contributed by atoms with Gasteiger partial charge in [-0.1, -0.05) is 0 Å². The van der Waals surface area contributed by atoms with Crippen molar-refractivity contribution >= 4 is 5.69 Å². The maximum atomic E-state index is 8.58. The smallest absolute Gasteiger partial charge is 0.0991 e. The fraction of sp³-hybridized carbons (Fsp3) is 0.364. The Morgan fingerprint density at radius 2 is 1.71 bits per heavy atom. The summed E-state index contributed by atoms with van der Waals surface area (Å²) in [7, 11) is 0. The Morgan fingerprint density at radius 3 is 2.14 bits per heavy atom. The molecule has 0 fully saturated rings. The van der Waals surface area contributed by atoms with Gasteiger partial charge in [0.1, 0.15) is 0 Å². The molecule has 14 heavy (non-hydrogen) atoms. The molecule has 0 radical (unpaired) electrons. The first-order valence-electron chi connectivity index (χ1n) is 4.44. The van der Waals surface area contributed by atoms with Crippen LogP contribution in [0.15, 0.2) is 34.5 Å². The third kappa shape index (κ3) is 3.36. The Hall–Kier alpha value is -1.69. The van der Waals surface area contributed by atoms with Crippen molar-refractivity contribution in [3.63, 3.8) is 0 Å². The molecule has 0 amide bonds. The fourth-order valence-corrected chi connectivity index (χ4v) is 0.810. The van der Waals surface area contributed by atoms with Gasteiger partial charge in [-0.05, 0) is 45.0 Å². The van der Waals surface area contributed by atoms with E-state index in [1.807, 2.05) is 20.8 Å². The van der Waals surface area contributed by atoms with Crippen molar-refractivity contribution in [2.45, 2.75) is 26.3 Å². The van der Waals surface area contributed by atoms with E-state index in [4.69, 9.17) is 5.26 Å². The van der Waals surface area contributed by atoms with Crippen LogP contribution in [0, 0.1) is 11.3 Å². The van der Waals surface area contributed by atoms with E-state index in [1.165, 1.54) is 0 Å². The highest BCUT2D eigenvalue weighted by molar-refractivity contribution is 5.41. The molecule has 0 bridgehead atoms. The van der Waals surface area contributed by atoms with E-state index in [1.54, 1.807) is 24.3 Å². The first kappa shape index (κ1) is 10.4. The summed E-state index contributed by atoms with van der Waals surface area (Å²) >= 11 is 0. The predicted molar refractivity (Wildman–Crippen MR) is 55.4 cm³/mol. The Labute approximate surface area is 84.1 Å². The summed E-state index contributed by atoms with van der Waals surface area (Å²) < 4.78 is 0. The molecular formula is C11H13N3. The molecule has 0 aromatic heterocycles. The molecule has 72 valence electrons. The Bertz CT molecular complexity index is 363. The van der Waals surface area contributed by atoms with Crippen LogP contribution in [0.1, 0.15) is 26.3 Å². The van der Waals surface area contributed by atoms with Crippen LogP contribution in [0.2, 0.25) is 0 Å². The second-order valence-electron chi connectivity index (χ2n) is 4.03. The van der Waals surface area contributed by atoms with Gasteiger partial charge in [-0.3, -0.25) is 0 Å². The van der Waals surface area contributed by atoms with E-state index in [0.717, 1.165) is 5.69 Å². The molecule has 0 heterocycles. The zero-order valence-corrected chi connectivity index (χ0v) is 8.65. The monoisotopic (exact) mass is 187 g/mol. The largest absolute Gasteiger partial charge is 0.192 e. The molecule has 0 unspecified atom stereocenters. The van der Waals surface area contributed by atoms with Gasteiger partial charge in [0.05, 0.1) is 22.9 Å². The van der Waals surface area contributed by atoms with Crippen LogP contribution in [-0.2, 0) is 0 Å². The third-order valence-electron chi connectivity index (χ3n) is 1.46. The van der Waals surface area contributed by atoms with Crippen LogP contribution < -0.4 is 0 Å². The number of hydrogen-bond donors (Lipinski definition) is 0. The zero-order chi connectivity index (χ0) is 10.6. The lowest BCUT2D eigenvalue weighted by Crippen LogP contribution is -2.07. The molecule has 0 saturated heterocycles. The van der Waals surface area contributed by atoms with E-state index < -0.39 is 0 Å². The maximum Gasteiger partial charge on any atom is 0.0991 e. The third-order valence-corrected chi connectivity index (χ3v) is 1.46. The lowest BCUT2D eigenvalue weighted by Gasteiger charge is -2.08. The molecule has 3 heteroatoms. The van der Waals surface area contributed by atoms with Gasteiger partial charge in [0.15, 0.2) is 0 Å². The molecular weight excluding hydrogens is 174 g/mol. The fourth-order valence-electron chi connectivity index (χ4n) is 0.810. The first-order valence-corrected chi connectivity index (χ1v) is 4.44. The summed E-state index contributed by atoms with van der Waals surface area (Å²) in [5, 5.41) is 16.8. The van der Waals surface area contributed by atoms with Crippen molar-refractivity contribution in [3.8, 4) is 6.07 Å². The molecule has 0 saturated carbocycles. The van der Waals surface area contributed by atoms with Crippen LogP contribution in [0.4, 0.5) is 5.69 Å². The van der Waals surface area contributed by atoms with Crippen molar-refractivity contribution in [2.24, 2.45) is 10.2 Å². The first-order chi connectivity index (χ1) is 6.51. The van der Waals surface area contributed by atoms with Gasteiger partial charge in [0.25, 0.3) is 0 Å². The summed E-state index contributed by atoms with van der Waals surface area (Å²) in [4.78, 5) is 0. The minimum atomic E-state index is -0.159. The normalized spacial score (nSPS) is 11.6. The second kappa shape index (κ2) is 4.01. The van der Waals surface area contributed by atoms with E-state index in [-0.39, 0.29) is 5.54 Å². The van der Waals surface area contributed by atoms with E-state index >= 15 is 0 Å². The molecule has 0 aliphatic rings. The van der Waals surface area contributed by atoms with Gasteiger partial charge in [-0.25, -0.2) is 0 Å². The molecule has 1 aromatic rings. The van der Waals surface area contributed by atoms with Crippen molar-refractivity contribution in [1.29, 1.82) is 5.26 Å². The van der Waals surface area contributed by atoms with E-state index in [9.17, 15) is 0 Å². The SMILES string of the molecule is CC(C)(C)N=Nc1ccc(C#N)cc1. The molecule has 1 aromatic carbocycles. The molecule has 1 rings (SSSR count). The van der Waals surface area contributed by atoms with Gasteiger partial charge in [0, 0.05) is 0 Å². The number of benzene rings is 1. The van der Waals surface area contributed by atoms with Crippen LogP contribution in [0.25, 0.3) is 0 Å². The molecule has 0 atom stereocenters. The molecule has 0 spiro atoms. The van der Waals surface area contributed by atoms with Crippen molar-refractivity contribution in [3.05, 3.63) is 29.8 Å². The summed E-state index contributed by atoms with van der Waals surface area (Å²) in [6, 6.07) is 9.09. The number of nitriles is 1. The average Bonchev–Trinajstić information content (AvgIpc) is 2.14. The maximum absolute atomic E-state index is 8.58. The number of azo groups is 1. The Kier molecular flexibility index (Phi) is 2.98. The van der Waals surface area contributed by atoms with Crippen molar-refractivity contribution < 1.29 is 0 Å². The molecule has 0 aliphatic heterocycles. The molecule has 0 aliphatic carbocycles. The van der Waals surface area contributed by atoms with Crippen LogP contribution in [0.3, 0.4) is 0 Å². The number of nitrogens with zero attached hydrogens (tertiary/aromatic N) is 3. The van der Waals surface area contributed by atoms with Gasteiger partial charge >= 0.3 is 0 Å². The van der Waals surface area contributed by atoms with E-state index in [2.05, 4.69) is 16.3 Å². The quantitative estimate of drug-likeness (QED) is 0.621.